The highest BCUT2D eigenvalue weighted by molar-refractivity contribution is 5.92. The molecule has 0 saturated carbocycles. The second-order valence-corrected chi connectivity index (χ2v) is 8.07. The van der Waals surface area contributed by atoms with Crippen LogP contribution >= 0.6 is 0 Å². The van der Waals surface area contributed by atoms with Gasteiger partial charge < -0.3 is 24.3 Å². The fraction of sp³-hybridized carbons (Fsp3) is 0.333. The summed E-state index contributed by atoms with van der Waals surface area (Å²) in [6, 6.07) is 20.9. The molecule has 0 aliphatic carbocycles. The molecule has 0 unspecified atom stereocenters. The van der Waals surface area contributed by atoms with Crippen molar-refractivity contribution >= 4 is 17.6 Å². The number of ether oxygens (including phenoxy) is 1. The van der Waals surface area contributed by atoms with Crippen molar-refractivity contribution in [1.82, 2.24) is 9.80 Å². The van der Waals surface area contributed by atoms with Crippen molar-refractivity contribution in [2.75, 3.05) is 32.1 Å². The van der Waals surface area contributed by atoms with Crippen molar-refractivity contribution in [1.29, 1.82) is 0 Å². The van der Waals surface area contributed by atoms with Gasteiger partial charge >= 0.3 is 6.03 Å². The summed E-state index contributed by atoms with van der Waals surface area (Å²) in [5.74, 6) is 0.533. The van der Waals surface area contributed by atoms with Gasteiger partial charge in [0.05, 0.1) is 12.8 Å². The van der Waals surface area contributed by atoms with E-state index in [1.165, 1.54) is 0 Å². The summed E-state index contributed by atoms with van der Waals surface area (Å²) in [5.41, 5.74) is 2.85. The number of nitrogens with zero attached hydrogens (tertiary/aromatic N) is 2. The van der Waals surface area contributed by atoms with Crippen LogP contribution in [0.1, 0.15) is 30.2 Å². The molecule has 180 valence electrons. The average Bonchev–Trinajstić information content (AvgIpc) is 3.37. The molecule has 0 radical (unpaired) electrons. The highest BCUT2D eigenvalue weighted by atomic mass is 16.5. The number of furan rings is 1. The van der Waals surface area contributed by atoms with E-state index < -0.39 is 0 Å². The van der Waals surface area contributed by atoms with Crippen LogP contribution in [0.2, 0.25) is 0 Å². The molecule has 34 heavy (non-hydrogen) atoms. The normalized spacial score (nSPS) is 10.6. The molecule has 0 aliphatic rings. The molecule has 0 fully saturated rings. The van der Waals surface area contributed by atoms with E-state index in [0.29, 0.717) is 44.1 Å². The quantitative estimate of drug-likeness (QED) is 0.386. The predicted octanol–water partition coefficient (Wildman–Crippen LogP) is 4.94. The van der Waals surface area contributed by atoms with Crippen LogP contribution in [0.5, 0.6) is 0 Å². The Morgan fingerprint density at radius 3 is 2.44 bits per heavy atom. The minimum atomic E-state index is -0.310. The average molecular weight is 464 g/mol. The molecule has 3 rings (SSSR count). The predicted molar refractivity (Wildman–Crippen MR) is 132 cm³/mol. The standard InChI is InChI=1S/C27H33N3O4/c1-3-22-12-7-13-24(18-22)28-27(32)29(15-9-16-33-2)21-26(31)30(20-25-14-8-17-34-25)19-23-10-5-4-6-11-23/h4-8,10-14,17-18H,3,9,15-16,19-21H2,1-2H3,(H,28,32). The van der Waals surface area contributed by atoms with Crippen LogP contribution in [0.4, 0.5) is 10.5 Å². The summed E-state index contributed by atoms with van der Waals surface area (Å²) in [5, 5.41) is 2.94. The van der Waals surface area contributed by atoms with Gasteiger partial charge in [0.2, 0.25) is 5.91 Å². The monoisotopic (exact) mass is 463 g/mol. The number of hydrogen-bond donors (Lipinski definition) is 1. The molecule has 1 heterocycles. The number of benzene rings is 2. The lowest BCUT2D eigenvalue weighted by Crippen LogP contribution is -2.44. The SMILES string of the molecule is CCc1cccc(NC(=O)N(CCCOC)CC(=O)N(Cc2ccccc2)Cc2ccco2)c1. The largest absolute Gasteiger partial charge is 0.467 e. The van der Waals surface area contributed by atoms with Gasteiger partial charge in [0.1, 0.15) is 12.3 Å². The first-order valence-electron chi connectivity index (χ1n) is 11.6. The maximum Gasteiger partial charge on any atom is 0.322 e. The molecule has 0 bridgehead atoms. The summed E-state index contributed by atoms with van der Waals surface area (Å²) in [6.45, 7) is 3.68. The molecular weight excluding hydrogens is 430 g/mol. The van der Waals surface area contributed by atoms with Gasteiger partial charge in [-0.15, -0.1) is 0 Å². The van der Waals surface area contributed by atoms with Crippen molar-refractivity contribution < 1.29 is 18.7 Å². The maximum absolute atomic E-state index is 13.4. The Balaban J connectivity index is 1.74. The molecule has 7 nitrogen and oxygen atoms in total. The van der Waals surface area contributed by atoms with Crippen molar-refractivity contribution in [3.63, 3.8) is 0 Å². The van der Waals surface area contributed by atoms with Crippen LogP contribution in [-0.2, 0) is 29.0 Å². The summed E-state index contributed by atoms with van der Waals surface area (Å²) < 4.78 is 10.6. The number of hydrogen-bond acceptors (Lipinski definition) is 4. The molecule has 3 amide bonds. The van der Waals surface area contributed by atoms with Gasteiger partial charge in [-0.1, -0.05) is 49.4 Å². The van der Waals surface area contributed by atoms with Crippen LogP contribution in [-0.4, -0.2) is 48.5 Å². The first-order valence-corrected chi connectivity index (χ1v) is 11.6. The van der Waals surface area contributed by atoms with Crippen LogP contribution < -0.4 is 5.32 Å². The molecule has 0 saturated heterocycles. The number of nitrogens with one attached hydrogen (secondary N) is 1. The Bertz CT molecular complexity index is 1020. The van der Waals surface area contributed by atoms with Gasteiger partial charge in [-0.3, -0.25) is 4.79 Å². The van der Waals surface area contributed by atoms with E-state index in [9.17, 15) is 9.59 Å². The van der Waals surface area contributed by atoms with E-state index in [0.717, 1.165) is 17.5 Å². The fourth-order valence-electron chi connectivity index (χ4n) is 3.61. The number of urea groups is 1. The molecule has 3 aromatic rings. The van der Waals surface area contributed by atoms with Gasteiger partial charge in [-0.25, -0.2) is 4.79 Å². The highest BCUT2D eigenvalue weighted by Gasteiger charge is 2.22. The maximum atomic E-state index is 13.4. The number of carbonyl (C=O) groups is 2. The van der Waals surface area contributed by atoms with Crippen LogP contribution in [0.3, 0.4) is 0 Å². The van der Waals surface area contributed by atoms with E-state index in [1.807, 2.05) is 60.7 Å². The zero-order valence-corrected chi connectivity index (χ0v) is 19.9. The number of amides is 3. The van der Waals surface area contributed by atoms with Gasteiger partial charge in [0, 0.05) is 32.5 Å². The van der Waals surface area contributed by atoms with Gasteiger partial charge in [-0.2, -0.15) is 0 Å². The van der Waals surface area contributed by atoms with E-state index in [4.69, 9.17) is 9.15 Å². The molecule has 1 N–H and O–H groups in total. The highest BCUT2D eigenvalue weighted by Crippen LogP contribution is 2.14. The summed E-state index contributed by atoms with van der Waals surface area (Å²) in [4.78, 5) is 29.8. The zero-order valence-electron chi connectivity index (χ0n) is 19.9. The van der Waals surface area contributed by atoms with Crippen LogP contribution in [0.15, 0.2) is 77.4 Å². The lowest BCUT2D eigenvalue weighted by molar-refractivity contribution is -0.133. The third kappa shape index (κ3) is 7.78. The minimum absolute atomic E-state index is 0.0451. The number of carbonyl (C=O) groups excluding carboxylic acids is 2. The van der Waals surface area contributed by atoms with Crippen molar-refractivity contribution in [3.05, 3.63) is 89.9 Å². The van der Waals surface area contributed by atoms with Gasteiger partial charge in [-0.05, 0) is 48.2 Å². The minimum Gasteiger partial charge on any atom is -0.467 e. The third-order valence-corrected chi connectivity index (χ3v) is 5.47. The molecular formula is C27H33N3O4. The smallest absolute Gasteiger partial charge is 0.322 e. The van der Waals surface area contributed by atoms with E-state index in [2.05, 4.69) is 12.2 Å². The van der Waals surface area contributed by atoms with Crippen molar-refractivity contribution in [2.24, 2.45) is 0 Å². The molecule has 0 spiro atoms. The van der Waals surface area contributed by atoms with Crippen molar-refractivity contribution in [3.8, 4) is 0 Å². The number of methoxy groups -OCH3 is 1. The molecule has 0 aliphatic heterocycles. The summed E-state index contributed by atoms with van der Waals surface area (Å²) in [7, 11) is 1.62. The van der Waals surface area contributed by atoms with E-state index in [-0.39, 0.29) is 18.5 Å². The third-order valence-electron chi connectivity index (χ3n) is 5.47. The first-order chi connectivity index (χ1) is 16.6. The Hall–Kier alpha value is -3.58. The van der Waals surface area contributed by atoms with Crippen molar-refractivity contribution in [2.45, 2.75) is 32.9 Å². The van der Waals surface area contributed by atoms with E-state index >= 15 is 0 Å². The molecule has 0 atom stereocenters. The Kier molecular flexibility index (Phi) is 9.73. The van der Waals surface area contributed by atoms with E-state index in [1.54, 1.807) is 29.2 Å². The van der Waals surface area contributed by atoms with Gasteiger partial charge in [0.15, 0.2) is 0 Å². The Labute approximate surface area is 201 Å². The number of anilines is 1. The fourth-order valence-corrected chi connectivity index (χ4v) is 3.61. The second kappa shape index (κ2) is 13.2. The number of aryl methyl sites for hydroxylation is 1. The molecule has 7 heteroatoms. The Morgan fingerprint density at radius 2 is 1.74 bits per heavy atom. The molecule has 1 aromatic heterocycles. The summed E-state index contributed by atoms with van der Waals surface area (Å²) >= 11 is 0. The zero-order chi connectivity index (χ0) is 24.2. The lowest BCUT2D eigenvalue weighted by atomic mass is 10.1. The van der Waals surface area contributed by atoms with Crippen LogP contribution in [0, 0.1) is 0 Å². The van der Waals surface area contributed by atoms with Crippen LogP contribution in [0.25, 0.3) is 0 Å². The molecule has 2 aromatic carbocycles. The first kappa shape index (κ1) is 25.1. The topological polar surface area (TPSA) is 75.0 Å². The lowest BCUT2D eigenvalue weighted by Gasteiger charge is -2.27. The second-order valence-electron chi connectivity index (χ2n) is 8.07. The Morgan fingerprint density at radius 1 is 0.941 bits per heavy atom. The summed E-state index contributed by atoms with van der Waals surface area (Å²) in [6.07, 6.45) is 3.10. The number of rotatable bonds is 12. The van der Waals surface area contributed by atoms with Gasteiger partial charge in [0.25, 0.3) is 0 Å².